The summed E-state index contributed by atoms with van der Waals surface area (Å²) in [7, 11) is 0. The van der Waals surface area contributed by atoms with Crippen molar-refractivity contribution < 1.29 is 39.3 Å². The highest BCUT2D eigenvalue weighted by Crippen LogP contribution is 2.19. The molecular weight excluding hydrogens is 456 g/mol. The van der Waals surface area contributed by atoms with E-state index in [9.17, 15) is 28.8 Å². The van der Waals surface area contributed by atoms with E-state index in [4.69, 9.17) is 15.3 Å². The number of pyridine rings is 1. The monoisotopic (exact) mass is 468 g/mol. The fourth-order valence-corrected chi connectivity index (χ4v) is 2.24. The van der Waals surface area contributed by atoms with E-state index in [0.717, 1.165) is 10.5 Å². The minimum atomic E-state index is -1.31. The molecular formula is C17H13BrN2O9. The predicted octanol–water partition coefficient (Wildman–Crippen LogP) is 0.733. The van der Waals surface area contributed by atoms with Gasteiger partial charge in [0.1, 0.15) is 6.42 Å². The van der Waals surface area contributed by atoms with Crippen LogP contribution < -0.4 is 10.9 Å². The number of benzene rings is 1. The summed E-state index contributed by atoms with van der Waals surface area (Å²) < 4.78 is 0.785. The number of hydrogen-bond donors (Lipinski definition) is 5. The van der Waals surface area contributed by atoms with E-state index in [1.54, 1.807) is 18.2 Å². The van der Waals surface area contributed by atoms with Gasteiger partial charge < -0.3 is 25.6 Å². The minimum Gasteiger partial charge on any atom is -0.481 e. The Kier molecular flexibility index (Phi) is 8.42. The number of carbonyl (C=O) groups excluding carboxylic acids is 2. The first-order chi connectivity index (χ1) is 13.5. The van der Waals surface area contributed by atoms with Crippen molar-refractivity contribution in [3.8, 4) is 0 Å². The molecule has 0 saturated heterocycles. The van der Waals surface area contributed by atoms with E-state index >= 15 is 0 Å². The van der Waals surface area contributed by atoms with Gasteiger partial charge in [0.2, 0.25) is 11.3 Å². The van der Waals surface area contributed by atoms with Gasteiger partial charge >= 0.3 is 17.9 Å². The maximum absolute atomic E-state index is 11.2. The number of aromatic amines is 1. The van der Waals surface area contributed by atoms with E-state index in [1.807, 2.05) is 0 Å². The number of amides is 1. The molecule has 11 nitrogen and oxygen atoms in total. The van der Waals surface area contributed by atoms with Gasteiger partial charge in [0.15, 0.2) is 0 Å². The molecule has 0 atom stereocenters. The molecule has 0 fully saturated rings. The molecule has 1 amide bonds. The van der Waals surface area contributed by atoms with E-state index in [1.165, 1.54) is 12.3 Å². The highest BCUT2D eigenvalue weighted by molar-refractivity contribution is 9.10. The highest BCUT2D eigenvalue weighted by atomic mass is 79.9. The van der Waals surface area contributed by atoms with Crippen molar-refractivity contribution in [2.24, 2.45) is 0 Å². The molecule has 0 spiro atoms. The summed E-state index contributed by atoms with van der Waals surface area (Å²) in [4.78, 5) is 63.6. The number of aromatic nitrogens is 1. The Balaban J connectivity index is 0.000000251. The van der Waals surface area contributed by atoms with Gasteiger partial charge in [-0.25, -0.2) is 4.79 Å². The molecule has 0 bridgehead atoms. The van der Waals surface area contributed by atoms with E-state index < -0.39 is 41.6 Å². The molecule has 12 heteroatoms. The van der Waals surface area contributed by atoms with Crippen LogP contribution in [0.15, 0.2) is 45.8 Å². The summed E-state index contributed by atoms with van der Waals surface area (Å²) in [6.07, 6.45) is 1.72. The van der Waals surface area contributed by atoms with E-state index in [0.29, 0.717) is 10.9 Å². The van der Waals surface area contributed by atoms with Gasteiger partial charge in [0.25, 0.3) is 5.91 Å². The Morgan fingerprint density at radius 3 is 1.97 bits per heavy atom. The minimum absolute atomic E-state index is 0.0150. The number of halogens is 1. The van der Waals surface area contributed by atoms with Gasteiger partial charge in [-0.15, -0.1) is 0 Å². The third kappa shape index (κ3) is 7.76. The van der Waals surface area contributed by atoms with Crippen LogP contribution in [0.4, 0.5) is 0 Å². The highest BCUT2D eigenvalue weighted by Gasteiger charge is 2.12. The molecule has 1 aliphatic heterocycles. The number of hydrogen-bond acceptors (Lipinski definition) is 6. The molecule has 0 saturated carbocycles. The number of fused-ring (bicyclic) bond motifs is 1. The standard InChI is InChI=1S/C10H6BrNO3.C4H3NO2.C3H4O4/c11-5-1-2-6-7(10(14)15)4-9(13)12-8(6)3-5;6-3-1-2-5-4(3)7;4-2(5)1-3(6)7/h1-4H,(H,12,13)(H,14,15);1-2H,(H,5,6,7);1H2,(H,4,5)(H,6,7). The Labute approximate surface area is 169 Å². The van der Waals surface area contributed by atoms with Crippen LogP contribution in [0.2, 0.25) is 0 Å². The largest absolute Gasteiger partial charge is 0.481 e. The zero-order valence-electron chi connectivity index (χ0n) is 14.3. The maximum atomic E-state index is 11.2. The SMILES string of the molecule is O=C(O)CC(=O)O.O=C(O)c1cc(=O)[nH]c2cc(Br)ccc12.O=C1C=CNC1=O. The molecule has 1 aliphatic rings. The summed E-state index contributed by atoms with van der Waals surface area (Å²) in [5, 5.41) is 27.0. The Hall–Kier alpha value is -3.80. The number of H-pyrrole nitrogens is 1. The number of carboxylic acid groups (broad SMARTS) is 3. The molecule has 2 aromatic rings. The van der Waals surface area contributed by atoms with Crippen LogP contribution in [0.3, 0.4) is 0 Å². The number of nitrogens with one attached hydrogen (secondary N) is 2. The lowest BCUT2D eigenvalue weighted by Crippen LogP contribution is -2.17. The van der Waals surface area contributed by atoms with E-state index in [2.05, 4.69) is 26.2 Å². The fourth-order valence-electron chi connectivity index (χ4n) is 1.88. The first-order valence-corrected chi connectivity index (χ1v) is 8.31. The topological polar surface area (TPSA) is 191 Å². The number of ketones is 1. The number of aliphatic carboxylic acids is 2. The Morgan fingerprint density at radius 1 is 0.966 bits per heavy atom. The van der Waals surface area contributed by atoms with Gasteiger partial charge in [-0.05, 0) is 12.1 Å². The second-order valence-electron chi connectivity index (χ2n) is 5.18. The van der Waals surface area contributed by atoms with Crippen molar-refractivity contribution >= 4 is 56.4 Å². The fraction of sp³-hybridized carbons (Fsp3) is 0.0588. The van der Waals surface area contributed by atoms with Crippen LogP contribution in [0, 0.1) is 0 Å². The lowest BCUT2D eigenvalue weighted by molar-refractivity contribution is -0.147. The molecule has 2 heterocycles. The second kappa shape index (κ2) is 10.5. The first-order valence-electron chi connectivity index (χ1n) is 7.52. The predicted molar refractivity (Wildman–Crippen MR) is 101 cm³/mol. The van der Waals surface area contributed by atoms with Gasteiger partial charge in [0.05, 0.1) is 11.1 Å². The molecule has 1 aromatic heterocycles. The zero-order chi connectivity index (χ0) is 22.1. The number of rotatable bonds is 3. The van der Waals surface area contributed by atoms with Gasteiger partial charge in [-0.1, -0.05) is 22.0 Å². The van der Waals surface area contributed by atoms with Crippen LogP contribution in [0.5, 0.6) is 0 Å². The Bertz CT molecular complexity index is 1060. The molecule has 152 valence electrons. The van der Waals surface area contributed by atoms with Gasteiger partial charge in [-0.2, -0.15) is 0 Å². The average molecular weight is 469 g/mol. The van der Waals surface area contributed by atoms with Crippen LogP contribution >= 0.6 is 15.9 Å². The van der Waals surface area contributed by atoms with Gasteiger partial charge in [-0.3, -0.25) is 24.0 Å². The third-order valence-corrected chi connectivity index (χ3v) is 3.50. The van der Waals surface area contributed by atoms with Crippen molar-refractivity contribution in [3.05, 3.63) is 56.9 Å². The summed E-state index contributed by atoms with van der Waals surface area (Å²) in [6.45, 7) is 0. The van der Waals surface area contributed by atoms with Crippen LogP contribution in [0.1, 0.15) is 16.8 Å². The zero-order valence-corrected chi connectivity index (χ0v) is 15.9. The Morgan fingerprint density at radius 2 is 1.59 bits per heavy atom. The number of aromatic carboxylic acids is 1. The molecule has 3 rings (SSSR count). The van der Waals surface area contributed by atoms with Gasteiger partial charge in [0, 0.05) is 28.2 Å². The molecule has 0 radical (unpaired) electrons. The number of carboxylic acids is 3. The summed E-state index contributed by atoms with van der Waals surface area (Å²) in [5.41, 5.74) is 0.105. The summed E-state index contributed by atoms with van der Waals surface area (Å²) in [5.74, 6) is -4.74. The summed E-state index contributed by atoms with van der Waals surface area (Å²) >= 11 is 3.25. The van der Waals surface area contributed by atoms with Crippen LogP contribution in [-0.4, -0.2) is 49.9 Å². The smallest absolute Gasteiger partial charge is 0.336 e. The summed E-state index contributed by atoms with van der Waals surface area (Å²) in [6, 6.07) is 6.13. The second-order valence-corrected chi connectivity index (χ2v) is 6.09. The van der Waals surface area contributed by atoms with Crippen molar-refractivity contribution in [1.82, 2.24) is 10.3 Å². The maximum Gasteiger partial charge on any atom is 0.336 e. The third-order valence-electron chi connectivity index (χ3n) is 3.01. The molecule has 0 aliphatic carbocycles. The van der Waals surface area contributed by atoms with E-state index in [-0.39, 0.29) is 5.56 Å². The molecule has 1 aromatic carbocycles. The lowest BCUT2D eigenvalue weighted by atomic mass is 10.1. The first kappa shape index (κ1) is 23.2. The van der Waals surface area contributed by atoms with Crippen molar-refractivity contribution in [3.63, 3.8) is 0 Å². The van der Waals surface area contributed by atoms with Crippen LogP contribution in [0.25, 0.3) is 10.9 Å². The molecule has 0 unspecified atom stereocenters. The lowest BCUT2D eigenvalue weighted by Gasteiger charge is -2.01. The van der Waals surface area contributed by atoms with Crippen molar-refractivity contribution in [2.45, 2.75) is 6.42 Å². The molecule has 29 heavy (non-hydrogen) atoms. The molecule has 5 N–H and O–H groups in total. The normalized spacial score (nSPS) is 11.6. The van der Waals surface area contributed by atoms with Crippen molar-refractivity contribution in [1.29, 1.82) is 0 Å². The average Bonchev–Trinajstić information content (AvgIpc) is 2.96. The van der Waals surface area contributed by atoms with Crippen LogP contribution in [-0.2, 0) is 19.2 Å². The van der Waals surface area contributed by atoms with Crippen molar-refractivity contribution in [2.75, 3.05) is 0 Å². The quantitative estimate of drug-likeness (QED) is 0.319. The number of carbonyl (C=O) groups is 5.